The van der Waals surface area contributed by atoms with Crippen LogP contribution >= 0.6 is 0 Å². The van der Waals surface area contributed by atoms with E-state index >= 15 is 0 Å². The molecule has 0 radical (unpaired) electrons. The highest BCUT2D eigenvalue weighted by molar-refractivity contribution is 7.86. The summed E-state index contributed by atoms with van der Waals surface area (Å²) in [5.41, 5.74) is 1.45. The summed E-state index contributed by atoms with van der Waals surface area (Å²) in [6.45, 7) is 4.39. The molecule has 1 heterocycles. The summed E-state index contributed by atoms with van der Waals surface area (Å²) >= 11 is 0. The number of carboxylic acid groups (broad SMARTS) is 1. The van der Waals surface area contributed by atoms with Crippen LogP contribution < -0.4 is 4.18 Å². The van der Waals surface area contributed by atoms with Crippen molar-refractivity contribution in [3.05, 3.63) is 29.8 Å². The number of hydrogen-bond acceptors (Lipinski definition) is 9. The molecule has 168 valence electrons. The molecule has 1 aliphatic rings. The maximum Gasteiger partial charge on any atom is 0.510 e. The van der Waals surface area contributed by atoms with E-state index in [1.807, 2.05) is 0 Å². The summed E-state index contributed by atoms with van der Waals surface area (Å²) in [4.78, 5) is 15.9. The highest BCUT2D eigenvalue weighted by atomic mass is 32.2. The van der Waals surface area contributed by atoms with Crippen LogP contribution in [0.25, 0.3) is 0 Å². The summed E-state index contributed by atoms with van der Waals surface area (Å²) in [7, 11) is -3.55. The van der Waals surface area contributed by atoms with E-state index in [2.05, 4.69) is 9.89 Å². The van der Waals surface area contributed by atoms with Gasteiger partial charge in [0.1, 0.15) is 12.4 Å². The molecule has 0 amide bonds. The number of hydrogen-bond donors (Lipinski definition) is 1. The monoisotopic (exact) mass is 445 g/mol. The lowest BCUT2D eigenvalue weighted by Gasteiger charge is -2.35. The molecule has 0 atom stereocenters. The van der Waals surface area contributed by atoms with Crippen molar-refractivity contribution < 1.29 is 41.6 Å². The average Bonchev–Trinajstić information content (AvgIpc) is 2.64. The Bertz CT molecular complexity index is 828. The Morgan fingerprint density at radius 2 is 1.87 bits per heavy atom. The molecule has 11 heteroatoms. The van der Waals surface area contributed by atoms with Crippen molar-refractivity contribution in [2.24, 2.45) is 11.1 Å². The molecule has 0 bridgehead atoms. The van der Waals surface area contributed by atoms with Gasteiger partial charge in [-0.15, -0.1) is 0 Å². The molecule has 30 heavy (non-hydrogen) atoms. The molecule has 2 rings (SSSR count). The van der Waals surface area contributed by atoms with E-state index in [0.717, 1.165) is 31.1 Å². The van der Waals surface area contributed by atoms with E-state index < -0.39 is 22.2 Å². The number of benzene rings is 1. The van der Waals surface area contributed by atoms with Crippen molar-refractivity contribution in [3.8, 4) is 5.75 Å². The van der Waals surface area contributed by atoms with Gasteiger partial charge >= 0.3 is 22.2 Å². The van der Waals surface area contributed by atoms with Crippen LogP contribution in [0.5, 0.6) is 5.75 Å². The quantitative estimate of drug-likeness (QED) is 0.190. The molecule has 0 aromatic heterocycles. The Hall–Kier alpha value is -2.37. The van der Waals surface area contributed by atoms with E-state index in [4.69, 9.17) is 23.6 Å². The van der Waals surface area contributed by atoms with Crippen LogP contribution in [0.1, 0.15) is 38.7 Å². The van der Waals surface area contributed by atoms with Gasteiger partial charge in [-0.05, 0) is 56.0 Å². The summed E-state index contributed by atoms with van der Waals surface area (Å²) in [5, 5.41) is 12.7. The van der Waals surface area contributed by atoms with Crippen LogP contribution in [0, 0.1) is 5.92 Å². The topological polar surface area (TPSA) is 130 Å². The Kier molecular flexibility index (Phi) is 8.44. The first kappa shape index (κ1) is 23.9. The normalized spacial score (nSPS) is 22.4. The van der Waals surface area contributed by atoms with Crippen molar-refractivity contribution in [3.63, 3.8) is 0 Å². The van der Waals surface area contributed by atoms with Gasteiger partial charge in [-0.25, -0.2) is 4.79 Å². The standard InChI is InChI=1S/C19H27NO9S/c1-14(16-7-9-17(10-8-16)29-30(3,23)24)20-27-11-5-4-6-15-12-25-19(2,26-13-15)28-18(21)22/h7-10,15H,4-6,11-13H2,1-3H3,(H,21,22). The van der Waals surface area contributed by atoms with E-state index in [0.29, 0.717) is 25.5 Å². The smallest absolute Gasteiger partial charge is 0.450 e. The lowest BCUT2D eigenvalue weighted by molar-refractivity contribution is -0.379. The number of unbranched alkanes of at least 4 members (excludes halogenated alkanes) is 1. The molecule has 0 aliphatic carbocycles. The first-order chi connectivity index (χ1) is 14.1. The van der Waals surface area contributed by atoms with E-state index in [1.54, 1.807) is 31.2 Å². The summed E-state index contributed by atoms with van der Waals surface area (Å²) in [6, 6.07) is 6.51. The molecular weight excluding hydrogens is 418 g/mol. The second kappa shape index (κ2) is 10.6. The van der Waals surface area contributed by atoms with E-state index in [9.17, 15) is 13.2 Å². The fourth-order valence-corrected chi connectivity index (χ4v) is 3.19. The lowest BCUT2D eigenvalue weighted by atomic mass is 10.0. The van der Waals surface area contributed by atoms with Crippen molar-refractivity contribution >= 4 is 22.0 Å². The summed E-state index contributed by atoms with van der Waals surface area (Å²) in [6.07, 6.45) is 2.05. The van der Waals surface area contributed by atoms with Crippen molar-refractivity contribution in [1.82, 2.24) is 0 Å². The van der Waals surface area contributed by atoms with Gasteiger partial charge < -0.3 is 28.3 Å². The third kappa shape index (κ3) is 8.56. The van der Waals surface area contributed by atoms with Crippen molar-refractivity contribution in [2.75, 3.05) is 26.1 Å². The van der Waals surface area contributed by atoms with Gasteiger partial charge in [-0.3, -0.25) is 0 Å². The maximum atomic E-state index is 11.1. The molecule has 0 saturated carbocycles. The second-order valence-electron chi connectivity index (χ2n) is 7.04. The highest BCUT2D eigenvalue weighted by Crippen LogP contribution is 2.25. The Morgan fingerprint density at radius 3 is 2.43 bits per heavy atom. The van der Waals surface area contributed by atoms with Gasteiger partial charge in [0.2, 0.25) is 0 Å². The fourth-order valence-electron chi connectivity index (χ4n) is 2.73. The highest BCUT2D eigenvalue weighted by Gasteiger charge is 2.36. The predicted molar refractivity (Wildman–Crippen MR) is 107 cm³/mol. The summed E-state index contributed by atoms with van der Waals surface area (Å²) in [5.74, 6) is -1.14. The number of rotatable bonds is 10. The Balaban J connectivity index is 1.64. The minimum atomic E-state index is -3.55. The zero-order valence-electron chi connectivity index (χ0n) is 17.2. The Morgan fingerprint density at radius 1 is 1.23 bits per heavy atom. The van der Waals surface area contributed by atoms with E-state index in [-0.39, 0.29) is 11.7 Å². The third-order valence-electron chi connectivity index (χ3n) is 4.25. The zero-order chi connectivity index (χ0) is 22.2. The van der Waals surface area contributed by atoms with Gasteiger partial charge in [0.25, 0.3) is 0 Å². The maximum absolute atomic E-state index is 11.1. The molecule has 1 N–H and O–H groups in total. The largest absolute Gasteiger partial charge is 0.510 e. The lowest BCUT2D eigenvalue weighted by Crippen LogP contribution is -2.45. The van der Waals surface area contributed by atoms with Crippen LogP contribution in [0.3, 0.4) is 0 Å². The predicted octanol–water partition coefficient (Wildman–Crippen LogP) is 2.97. The van der Waals surface area contributed by atoms with E-state index in [1.165, 1.54) is 6.92 Å². The second-order valence-corrected chi connectivity index (χ2v) is 8.61. The number of ether oxygens (including phenoxy) is 3. The summed E-state index contributed by atoms with van der Waals surface area (Å²) < 4.78 is 42.3. The molecule has 1 aromatic carbocycles. The molecule has 0 spiro atoms. The molecule has 10 nitrogen and oxygen atoms in total. The SMILES string of the molecule is CC(=NOCCCCC1COC(C)(OC(=O)O)OC1)c1ccc(OS(C)(=O)=O)cc1. The van der Waals surface area contributed by atoms with Crippen LogP contribution in [-0.2, 0) is 29.2 Å². The number of carbonyl (C=O) groups is 1. The first-order valence-electron chi connectivity index (χ1n) is 9.42. The van der Waals surface area contributed by atoms with Crippen LogP contribution in [0.4, 0.5) is 4.79 Å². The third-order valence-corrected chi connectivity index (χ3v) is 4.75. The minimum Gasteiger partial charge on any atom is -0.450 e. The zero-order valence-corrected chi connectivity index (χ0v) is 18.0. The molecule has 1 aromatic rings. The fraction of sp³-hybridized carbons (Fsp3) is 0.579. The van der Waals surface area contributed by atoms with Gasteiger partial charge in [0.05, 0.1) is 25.2 Å². The van der Waals surface area contributed by atoms with Crippen molar-refractivity contribution in [1.29, 1.82) is 0 Å². The van der Waals surface area contributed by atoms with Crippen LogP contribution in [0.15, 0.2) is 29.4 Å². The first-order valence-corrected chi connectivity index (χ1v) is 11.2. The molecule has 1 fully saturated rings. The molecule has 0 unspecified atom stereocenters. The number of oxime groups is 1. The molecule has 1 saturated heterocycles. The van der Waals surface area contributed by atoms with Gasteiger partial charge in [0.15, 0.2) is 0 Å². The Labute approximate surface area is 175 Å². The van der Waals surface area contributed by atoms with Crippen molar-refractivity contribution in [2.45, 2.75) is 39.1 Å². The van der Waals surface area contributed by atoms with Crippen LogP contribution in [0.2, 0.25) is 0 Å². The van der Waals surface area contributed by atoms with Gasteiger partial charge in [-0.2, -0.15) is 8.42 Å². The van der Waals surface area contributed by atoms with Crippen LogP contribution in [-0.4, -0.2) is 57.4 Å². The number of nitrogens with zero attached hydrogens (tertiary/aromatic N) is 1. The average molecular weight is 445 g/mol. The van der Waals surface area contributed by atoms with Gasteiger partial charge in [0, 0.05) is 12.8 Å². The minimum absolute atomic E-state index is 0.161. The van der Waals surface area contributed by atoms with Gasteiger partial charge in [-0.1, -0.05) is 5.16 Å². The molecular formula is C19H27NO9S. The molecule has 1 aliphatic heterocycles.